The molecule has 0 aliphatic carbocycles. The van der Waals surface area contributed by atoms with Gasteiger partial charge in [-0.2, -0.15) is 0 Å². The molecule has 0 amide bonds. The fourth-order valence-electron chi connectivity index (χ4n) is 1.64. The van der Waals surface area contributed by atoms with E-state index in [1.54, 1.807) is 34.4 Å². The van der Waals surface area contributed by atoms with Gasteiger partial charge in [0.25, 0.3) is 0 Å². The summed E-state index contributed by atoms with van der Waals surface area (Å²) in [4.78, 5) is 5.74. The average molecular weight is 281 g/mol. The predicted molar refractivity (Wildman–Crippen MR) is 74.3 cm³/mol. The second-order valence-corrected chi connectivity index (χ2v) is 6.59. The van der Waals surface area contributed by atoms with Crippen LogP contribution in [-0.4, -0.2) is 16.4 Å². The zero-order chi connectivity index (χ0) is 11.7. The van der Waals surface area contributed by atoms with Crippen LogP contribution in [0.5, 0.6) is 0 Å². The molecule has 3 aromatic heterocycles. The highest BCUT2D eigenvalue weighted by molar-refractivity contribution is 8.01. The molecule has 1 N–H and O–H groups in total. The first-order chi connectivity index (χ1) is 8.38. The number of aromatic nitrogens is 2. The summed E-state index contributed by atoms with van der Waals surface area (Å²) in [5.74, 6) is 0. The highest BCUT2D eigenvalue weighted by Crippen LogP contribution is 2.34. The van der Waals surface area contributed by atoms with E-state index in [4.69, 9.17) is 0 Å². The lowest BCUT2D eigenvalue weighted by molar-refractivity contribution is 0.765. The maximum absolute atomic E-state index is 4.68. The zero-order valence-electron chi connectivity index (χ0n) is 9.21. The summed E-state index contributed by atoms with van der Waals surface area (Å²) in [5.41, 5.74) is 1.24. The van der Waals surface area contributed by atoms with Crippen LogP contribution in [-0.2, 0) is 6.54 Å². The minimum absolute atomic E-state index is 0.839. The lowest BCUT2D eigenvalue weighted by Gasteiger charge is -2.01. The van der Waals surface area contributed by atoms with Crippen LogP contribution in [0.4, 0.5) is 0 Å². The van der Waals surface area contributed by atoms with Crippen molar-refractivity contribution in [1.82, 2.24) is 14.7 Å². The van der Waals surface area contributed by atoms with Crippen molar-refractivity contribution < 1.29 is 0 Å². The third-order valence-electron chi connectivity index (χ3n) is 2.36. The Labute approximate surface area is 112 Å². The SMILES string of the molecule is CNCc1c(Sc2cccs2)nc2sccn12. The summed E-state index contributed by atoms with van der Waals surface area (Å²) in [5, 5.41) is 8.48. The lowest BCUT2D eigenvalue weighted by Crippen LogP contribution is -2.07. The van der Waals surface area contributed by atoms with Crippen molar-refractivity contribution in [3.05, 3.63) is 34.8 Å². The van der Waals surface area contributed by atoms with Crippen LogP contribution in [0.3, 0.4) is 0 Å². The number of hydrogen-bond donors (Lipinski definition) is 1. The number of fused-ring (bicyclic) bond motifs is 1. The van der Waals surface area contributed by atoms with Gasteiger partial charge >= 0.3 is 0 Å². The molecule has 88 valence electrons. The van der Waals surface area contributed by atoms with Gasteiger partial charge in [-0.25, -0.2) is 4.98 Å². The Morgan fingerprint density at radius 1 is 1.41 bits per heavy atom. The number of thiazole rings is 1. The summed E-state index contributed by atoms with van der Waals surface area (Å²) in [6, 6.07) is 4.20. The molecule has 0 fully saturated rings. The van der Waals surface area contributed by atoms with Gasteiger partial charge in [0.05, 0.1) is 9.90 Å². The molecule has 0 spiro atoms. The normalized spacial score (nSPS) is 11.4. The molecule has 3 heterocycles. The Morgan fingerprint density at radius 2 is 2.35 bits per heavy atom. The lowest BCUT2D eigenvalue weighted by atomic mass is 10.5. The van der Waals surface area contributed by atoms with Crippen molar-refractivity contribution in [1.29, 1.82) is 0 Å². The molecule has 0 saturated carbocycles. The Kier molecular flexibility index (Phi) is 3.19. The van der Waals surface area contributed by atoms with E-state index in [0.29, 0.717) is 0 Å². The number of rotatable bonds is 4. The van der Waals surface area contributed by atoms with Gasteiger partial charge in [-0.15, -0.1) is 22.7 Å². The standard InChI is InChI=1S/C11H11N3S3/c1-12-7-8-10(17-9-3-2-5-15-9)13-11-14(8)4-6-16-11/h2-6,12H,7H2,1H3. The summed E-state index contributed by atoms with van der Waals surface area (Å²) in [6.07, 6.45) is 2.08. The zero-order valence-corrected chi connectivity index (χ0v) is 11.7. The van der Waals surface area contributed by atoms with Crippen LogP contribution in [0, 0.1) is 0 Å². The maximum atomic E-state index is 4.68. The van der Waals surface area contributed by atoms with Crippen LogP contribution in [0.1, 0.15) is 5.69 Å². The van der Waals surface area contributed by atoms with Gasteiger partial charge in [-0.05, 0) is 18.5 Å². The van der Waals surface area contributed by atoms with Gasteiger partial charge in [0.15, 0.2) is 4.96 Å². The summed E-state index contributed by atoms with van der Waals surface area (Å²) < 4.78 is 3.45. The van der Waals surface area contributed by atoms with Crippen molar-refractivity contribution in [2.75, 3.05) is 7.05 Å². The molecule has 0 aromatic carbocycles. The van der Waals surface area contributed by atoms with Crippen molar-refractivity contribution >= 4 is 39.4 Å². The van der Waals surface area contributed by atoms with Gasteiger partial charge in [-0.1, -0.05) is 17.8 Å². The second kappa shape index (κ2) is 4.81. The molecule has 0 saturated heterocycles. The fraction of sp³-hybridized carbons (Fsp3) is 0.182. The third-order valence-corrected chi connectivity index (χ3v) is 5.18. The van der Waals surface area contributed by atoms with Crippen LogP contribution in [0.25, 0.3) is 4.96 Å². The van der Waals surface area contributed by atoms with E-state index >= 15 is 0 Å². The van der Waals surface area contributed by atoms with E-state index in [2.05, 4.69) is 43.8 Å². The predicted octanol–water partition coefficient (Wildman–Crippen LogP) is 3.33. The fourth-order valence-corrected chi connectivity index (χ4v) is 4.23. The molecule has 6 heteroatoms. The van der Waals surface area contributed by atoms with E-state index in [-0.39, 0.29) is 0 Å². The van der Waals surface area contributed by atoms with Crippen molar-refractivity contribution in [2.45, 2.75) is 15.8 Å². The molecule has 3 nitrogen and oxygen atoms in total. The molecule has 3 rings (SSSR count). The summed E-state index contributed by atoms with van der Waals surface area (Å²) >= 11 is 5.17. The van der Waals surface area contributed by atoms with Gasteiger partial charge < -0.3 is 5.32 Å². The largest absolute Gasteiger partial charge is 0.314 e. The quantitative estimate of drug-likeness (QED) is 0.795. The molecule has 0 bridgehead atoms. The molecule has 3 aromatic rings. The van der Waals surface area contributed by atoms with E-state index in [9.17, 15) is 0 Å². The van der Waals surface area contributed by atoms with Gasteiger partial charge in [0, 0.05) is 18.1 Å². The summed E-state index contributed by atoms with van der Waals surface area (Å²) in [7, 11) is 1.96. The Bertz CT molecular complexity index is 609. The van der Waals surface area contributed by atoms with Gasteiger partial charge in [0.1, 0.15) is 5.03 Å². The van der Waals surface area contributed by atoms with Crippen LogP contribution in [0.2, 0.25) is 0 Å². The van der Waals surface area contributed by atoms with E-state index in [0.717, 1.165) is 16.5 Å². The third kappa shape index (κ3) is 2.13. The average Bonchev–Trinajstić information content (AvgIpc) is 2.99. The minimum Gasteiger partial charge on any atom is -0.314 e. The first-order valence-electron chi connectivity index (χ1n) is 5.19. The van der Waals surface area contributed by atoms with E-state index < -0.39 is 0 Å². The Hall–Kier alpha value is -0.820. The van der Waals surface area contributed by atoms with Crippen LogP contribution >= 0.6 is 34.4 Å². The monoisotopic (exact) mass is 281 g/mol. The molecule has 0 radical (unpaired) electrons. The van der Waals surface area contributed by atoms with Crippen molar-refractivity contribution in [3.8, 4) is 0 Å². The van der Waals surface area contributed by atoms with Crippen LogP contribution in [0.15, 0.2) is 38.3 Å². The number of imidazole rings is 1. The number of nitrogens with zero attached hydrogens (tertiary/aromatic N) is 2. The minimum atomic E-state index is 0.839. The molecule has 0 aliphatic rings. The molecule has 0 unspecified atom stereocenters. The van der Waals surface area contributed by atoms with Gasteiger partial charge in [0.2, 0.25) is 0 Å². The van der Waals surface area contributed by atoms with E-state index in [1.807, 2.05) is 7.05 Å². The molecule has 17 heavy (non-hydrogen) atoms. The molecule has 0 atom stereocenters. The maximum Gasteiger partial charge on any atom is 0.194 e. The first kappa shape index (κ1) is 11.3. The molecular formula is C11H11N3S3. The first-order valence-corrected chi connectivity index (χ1v) is 7.76. The van der Waals surface area contributed by atoms with Crippen molar-refractivity contribution in [2.24, 2.45) is 0 Å². The van der Waals surface area contributed by atoms with Crippen LogP contribution < -0.4 is 5.32 Å². The molecule has 0 aliphatic heterocycles. The topological polar surface area (TPSA) is 29.3 Å². The molecular weight excluding hydrogens is 270 g/mol. The number of thiophene rings is 1. The van der Waals surface area contributed by atoms with E-state index in [1.165, 1.54) is 9.90 Å². The summed E-state index contributed by atoms with van der Waals surface area (Å²) in [6.45, 7) is 0.839. The smallest absolute Gasteiger partial charge is 0.194 e. The van der Waals surface area contributed by atoms with Crippen molar-refractivity contribution in [3.63, 3.8) is 0 Å². The Balaban J connectivity index is 2.02. The number of nitrogens with one attached hydrogen (secondary N) is 1. The highest BCUT2D eigenvalue weighted by Gasteiger charge is 2.13. The van der Waals surface area contributed by atoms with Gasteiger partial charge in [-0.3, -0.25) is 4.40 Å². The Morgan fingerprint density at radius 3 is 3.12 bits per heavy atom. The second-order valence-electron chi connectivity index (χ2n) is 3.48. The number of hydrogen-bond acceptors (Lipinski definition) is 5. The highest BCUT2D eigenvalue weighted by atomic mass is 32.2.